The number of rotatable bonds is 8. The molecule has 0 radical (unpaired) electrons. The molecule has 0 fully saturated rings. The van der Waals surface area contributed by atoms with Gasteiger partial charge in [0.1, 0.15) is 18.1 Å². The van der Waals surface area contributed by atoms with Crippen LogP contribution in [0.4, 0.5) is 5.69 Å². The predicted molar refractivity (Wildman–Crippen MR) is 113 cm³/mol. The van der Waals surface area contributed by atoms with Gasteiger partial charge in [0.25, 0.3) is 5.69 Å². The SMILES string of the molecule is C[Si](C)(C)CCOCn1ccc2c(C(=O)c3cccc([N+](=O)[O-])c3)nc(Cl)nc21. The molecule has 152 valence electrons. The summed E-state index contributed by atoms with van der Waals surface area (Å²) in [4.78, 5) is 31.7. The monoisotopic (exact) mass is 432 g/mol. The zero-order chi connectivity index (χ0) is 21.2. The van der Waals surface area contributed by atoms with E-state index in [0.29, 0.717) is 17.6 Å². The van der Waals surface area contributed by atoms with Crippen LogP contribution in [-0.4, -0.2) is 39.9 Å². The lowest BCUT2D eigenvalue weighted by Gasteiger charge is -2.15. The smallest absolute Gasteiger partial charge is 0.270 e. The number of aromatic nitrogens is 3. The van der Waals surface area contributed by atoms with Crippen molar-refractivity contribution in [2.45, 2.75) is 32.4 Å². The van der Waals surface area contributed by atoms with Crippen LogP contribution in [-0.2, 0) is 11.5 Å². The molecule has 0 N–H and O–H groups in total. The van der Waals surface area contributed by atoms with Crippen LogP contribution in [0.2, 0.25) is 31.0 Å². The van der Waals surface area contributed by atoms with Crippen LogP contribution >= 0.6 is 11.6 Å². The fourth-order valence-electron chi connectivity index (χ4n) is 2.75. The summed E-state index contributed by atoms with van der Waals surface area (Å²) < 4.78 is 7.52. The summed E-state index contributed by atoms with van der Waals surface area (Å²) in [7, 11) is -1.19. The molecule has 0 saturated heterocycles. The van der Waals surface area contributed by atoms with E-state index in [1.54, 1.807) is 16.8 Å². The molecule has 1 aromatic carbocycles. The summed E-state index contributed by atoms with van der Waals surface area (Å²) in [5.41, 5.74) is 0.572. The highest BCUT2D eigenvalue weighted by Crippen LogP contribution is 2.23. The Kier molecular flexibility index (Phi) is 6.11. The molecule has 0 aliphatic carbocycles. The number of hydrogen-bond donors (Lipinski definition) is 0. The predicted octanol–water partition coefficient (Wildman–Crippen LogP) is 4.54. The summed E-state index contributed by atoms with van der Waals surface area (Å²) in [6.45, 7) is 7.76. The van der Waals surface area contributed by atoms with E-state index in [0.717, 1.165) is 6.04 Å². The van der Waals surface area contributed by atoms with E-state index in [2.05, 4.69) is 29.6 Å². The van der Waals surface area contributed by atoms with Crippen molar-refractivity contribution in [1.82, 2.24) is 14.5 Å². The fourth-order valence-corrected chi connectivity index (χ4v) is 3.68. The Balaban J connectivity index is 1.90. The van der Waals surface area contributed by atoms with Gasteiger partial charge in [-0.3, -0.25) is 14.9 Å². The van der Waals surface area contributed by atoms with E-state index in [1.165, 1.54) is 24.3 Å². The zero-order valence-corrected chi connectivity index (χ0v) is 18.1. The number of carbonyl (C=O) groups excluding carboxylic acids is 1. The Morgan fingerprint density at radius 3 is 2.72 bits per heavy atom. The lowest BCUT2D eigenvalue weighted by atomic mass is 10.1. The molecule has 0 spiro atoms. The summed E-state index contributed by atoms with van der Waals surface area (Å²) in [5.74, 6) is -0.458. The molecule has 3 rings (SSSR count). The summed E-state index contributed by atoms with van der Waals surface area (Å²) >= 11 is 6.06. The number of benzene rings is 1. The molecule has 2 heterocycles. The molecule has 8 nitrogen and oxygen atoms in total. The number of carbonyl (C=O) groups is 1. The first kappa shape index (κ1) is 21.1. The number of ether oxygens (including phenoxy) is 1. The van der Waals surface area contributed by atoms with Gasteiger partial charge >= 0.3 is 0 Å². The van der Waals surface area contributed by atoms with Gasteiger partial charge in [-0.05, 0) is 23.7 Å². The Bertz CT molecular complexity index is 1080. The third kappa shape index (κ3) is 5.06. The summed E-state index contributed by atoms with van der Waals surface area (Å²) in [6.07, 6.45) is 1.76. The first-order chi connectivity index (χ1) is 13.7. The third-order valence-corrected chi connectivity index (χ3v) is 6.23. The van der Waals surface area contributed by atoms with Gasteiger partial charge in [0.2, 0.25) is 11.1 Å². The van der Waals surface area contributed by atoms with E-state index >= 15 is 0 Å². The van der Waals surface area contributed by atoms with Crippen LogP contribution in [0.15, 0.2) is 36.5 Å². The summed E-state index contributed by atoms with van der Waals surface area (Å²) in [6, 6.07) is 8.28. The second kappa shape index (κ2) is 8.40. The molecule has 0 amide bonds. The molecule has 0 bridgehead atoms. The van der Waals surface area contributed by atoms with E-state index < -0.39 is 18.8 Å². The van der Waals surface area contributed by atoms with E-state index in [9.17, 15) is 14.9 Å². The maximum atomic E-state index is 13.0. The number of fused-ring (bicyclic) bond motifs is 1. The minimum absolute atomic E-state index is 0.0756. The van der Waals surface area contributed by atoms with Gasteiger partial charge in [-0.2, -0.15) is 4.98 Å². The highest BCUT2D eigenvalue weighted by Gasteiger charge is 2.20. The maximum Gasteiger partial charge on any atom is 0.270 e. The average Bonchev–Trinajstić information content (AvgIpc) is 3.06. The van der Waals surface area contributed by atoms with E-state index in [-0.39, 0.29) is 29.0 Å². The van der Waals surface area contributed by atoms with Gasteiger partial charge in [0.15, 0.2) is 0 Å². The summed E-state index contributed by atoms with van der Waals surface area (Å²) in [5, 5.41) is 11.4. The van der Waals surface area contributed by atoms with Gasteiger partial charge in [0.05, 0.1) is 4.92 Å². The lowest BCUT2D eigenvalue weighted by molar-refractivity contribution is -0.384. The Hall–Kier alpha value is -2.62. The Morgan fingerprint density at radius 2 is 2.03 bits per heavy atom. The third-order valence-electron chi connectivity index (χ3n) is 4.35. The second-order valence-corrected chi connectivity index (χ2v) is 13.8. The highest BCUT2D eigenvalue weighted by molar-refractivity contribution is 6.76. The first-order valence-electron chi connectivity index (χ1n) is 9.05. The van der Waals surface area contributed by atoms with Crippen LogP contribution < -0.4 is 0 Å². The molecule has 3 aromatic rings. The van der Waals surface area contributed by atoms with Crippen molar-refractivity contribution in [3.05, 3.63) is 63.2 Å². The Morgan fingerprint density at radius 1 is 1.28 bits per heavy atom. The fraction of sp³-hybridized carbons (Fsp3) is 0.316. The molecule has 0 atom stereocenters. The van der Waals surface area contributed by atoms with Gasteiger partial charge in [-0.15, -0.1) is 0 Å². The van der Waals surface area contributed by atoms with Crippen LogP contribution in [0.3, 0.4) is 0 Å². The van der Waals surface area contributed by atoms with Gasteiger partial charge in [0, 0.05) is 44.0 Å². The topological polar surface area (TPSA) is 100 Å². The maximum absolute atomic E-state index is 13.0. The van der Waals surface area contributed by atoms with E-state index in [4.69, 9.17) is 16.3 Å². The molecule has 0 saturated carbocycles. The normalized spacial score (nSPS) is 11.7. The van der Waals surface area contributed by atoms with Crippen molar-refractivity contribution in [2.75, 3.05) is 6.61 Å². The second-order valence-electron chi connectivity index (χ2n) is 7.85. The molecule has 0 unspecified atom stereocenters. The lowest BCUT2D eigenvalue weighted by Crippen LogP contribution is -2.22. The van der Waals surface area contributed by atoms with Crippen LogP contribution in [0.5, 0.6) is 0 Å². The van der Waals surface area contributed by atoms with Crippen molar-refractivity contribution < 1.29 is 14.5 Å². The average molecular weight is 433 g/mol. The van der Waals surface area contributed by atoms with Crippen LogP contribution in [0, 0.1) is 10.1 Å². The molecular formula is C19H21ClN4O4Si. The van der Waals surface area contributed by atoms with E-state index in [1.807, 2.05) is 0 Å². The van der Waals surface area contributed by atoms with Crippen molar-refractivity contribution >= 4 is 42.2 Å². The molecule has 10 heteroatoms. The van der Waals surface area contributed by atoms with Gasteiger partial charge in [-0.1, -0.05) is 31.8 Å². The van der Waals surface area contributed by atoms with Gasteiger partial charge in [-0.25, -0.2) is 4.98 Å². The molecule has 29 heavy (non-hydrogen) atoms. The number of hydrogen-bond acceptors (Lipinski definition) is 6. The number of nitro benzene ring substituents is 1. The van der Waals surface area contributed by atoms with Crippen molar-refractivity contribution in [2.24, 2.45) is 0 Å². The number of ketones is 1. The Labute approximate surface area is 173 Å². The first-order valence-corrected chi connectivity index (χ1v) is 13.1. The molecule has 0 aliphatic heterocycles. The highest BCUT2D eigenvalue weighted by atomic mass is 35.5. The van der Waals surface area contributed by atoms with Crippen molar-refractivity contribution in [3.8, 4) is 0 Å². The number of non-ortho nitro benzene ring substituents is 1. The standard InChI is InChI=1S/C19H21ClN4O4Si/c1-29(2,3)10-9-28-12-23-8-7-15-16(21-19(20)22-18(15)23)17(25)13-5-4-6-14(11-13)24(26)27/h4-8,11H,9-10,12H2,1-3H3. The number of nitro groups is 1. The zero-order valence-electron chi connectivity index (χ0n) is 16.4. The van der Waals surface area contributed by atoms with Gasteiger partial charge < -0.3 is 9.30 Å². The number of halogens is 1. The van der Waals surface area contributed by atoms with Crippen molar-refractivity contribution in [1.29, 1.82) is 0 Å². The quantitative estimate of drug-likeness (QED) is 0.129. The largest absolute Gasteiger partial charge is 0.361 e. The molecule has 0 aliphatic rings. The minimum Gasteiger partial charge on any atom is -0.361 e. The molecular weight excluding hydrogens is 412 g/mol. The molecule has 2 aromatic heterocycles. The minimum atomic E-state index is -1.19. The van der Waals surface area contributed by atoms with Crippen molar-refractivity contribution in [3.63, 3.8) is 0 Å². The van der Waals surface area contributed by atoms with Crippen LogP contribution in [0.25, 0.3) is 11.0 Å². The number of nitrogens with zero attached hydrogens (tertiary/aromatic N) is 4. The van der Waals surface area contributed by atoms with Crippen LogP contribution in [0.1, 0.15) is 16.1 Å².